The van der Waals surface area contributed by atoms with Gasteiger partial charge in [0, 0.05) is 25.5 Å². The first-order valence-corrected chi connectivity index (χ1v) is 7.62. The van der Waals surface area contributed by atoms with Crippen molar-refractivity contribution in [1.82, 2.24) is 14.9 Å². The van der Waals surface area contributed by atoms with Gasteiger partial charge in [0.15, 0.2) is 0 Å². The van der Waals surface area contributed by atoms with Crippen LogP contribution in [0.4, 0.5) is 4.79 Å². The van der Waals surface area contributed by atoms with E-state index in [1.807, 2.05) is 10.8 Å². The molecule has 1 rings (SSSR count). The maximum absolute atomic E-state index is 11.5. The van der Waals surface area contributed by atoms with Gasteiger partial charge < -0.3 is 14.6 Å². The second-order valence-corrected chi connectivity index (χ2v) is 5.10. The van der Waals surface area contributed by atoms with Gasteiger partial charge in [0.1, 0.15) is 0 Å². The van der Waals surface area contributed by atoms with Crippen molar-refractivity contribution < 1.29 is 9.53 Å². The van der Waals surface area contributed by atoms with Crippen LogP contribution in [0.3, 0.4) is 0 Å². The fourth-order valence-electron chi connectivity index (χ4n) is 2.01. The molecule has 5 nitrogen and oxygen atoms in total. The van der Waals surface area contributed by atoms with E-state index in [-0.39, 0.29) is 6.09 Å². The molecule has 0 spiro atoms. The van der Waals surface area contributed by atoms with Gasteiger partial charge in [0.2, 0.25) is 0 Å². The Hall–Kier alpha value is -1.52. The average Bonchev–Trinajstić information content (AvgIpc) is 2.97. The highest BCUT2D eigenvalue weighted by Gasteiger charge is 2.09. The number of amides is 1. The van der Waals surface area contributed by atoms with Crippen LogP contribution in [0.1, 0.15) is 46.0 Å². The number of hydrogen-bond donors (Lipinski definition) is 1. The van der Waals surface area contributed by atoms with Gasteiger partial charge in [-0.25, -0.2) is 9.78 Å². The molecule has 0 saturated heterocycles. The van der Waals surface area contributed by atoms with Crippen molar-refractivity contribution in [3.05, 3.63) is 18.7 Å². The summed E-state index contributed by atoms with van der Waals surface area (Å²) in [6.45, 7) is 6.34. The van der Waals surface area contributed by atoms with E-state index in [2.05, 4.69) is 24.1 Å². The third-order valence-electron chi connectivity index (χ3n) is 3.42. The Morgan fingerprint density at radius 2 is 2.25 bits per heavy atom. The molecule has 1 heterocycles. The Labute approximate surface area is 121 Å². The van der Waals surface area contributed by atoms with E-state index in [1.54, 1.807) is 12.5 Å². The summed E-state index contributed by atoms with van der Waals surface area (Å²) >= 11 is 0. The van der Waals surface area contributed by atoms with Crippen LogP contribution in [0, 0.1) is 5.92 Å². The second-order valence-electron chi connectivity index (χ2n) is 5.10. The van der Waals surface area contributed by atoms with Gasteiger partial charge in [0.25, 0.3) is 0 Å². The molecule has 5 heteroatoms. The molecule has 1 amide bonds. The Bertz CT molecular complexity index is 352. The summed E-state index contributed by atoms with van der Waals surface area (Å²) in [5.74, 6) is 0.492. The summed E-state index contributed by atoms with van der Waals surface area (Å²) < 4.78 is 7.25. The number of nitrogens with zero attached hydrogens (tertiary/aromatic N) is 2. The van der Waals surface area contributed by atoms with Crippen LogP contribution in [0.2, 0.25) is 0 Å². The molecule has 0 bridgehead atoms. The van der Waals surface area contributed by atoms with E-state index in [1.165, 1.54) is 12.8 Å². The molecule has 0 fully saturated rings. The van der Waals surface area contributed by atoms with E-state index in [4.69, 9.17) is 4.74 Å². The van der Waals surface area contributed by atoms with Crippen LogP contribution in [-0.2, 0) is 11.3 Å². The molecule has 20 heavy (non-hydrogen) atoms. The number of ether oxygens (including phenoxy) is 1. The number of carbonyl (C=O) groups excluding carboxylic acids is 1. The number of nitrogens with one attached hydrogen (secondary N) is 1. The minimum Gasteiger partial charge on any atom is -0.449 e. The van der Waals surface area contributed by atoms with E-state index in [0.717, 1.165) is 25.8 Å². The molecule has 0 aromatic carbocycles. The van der Waals surface area contributed by atoms with Gasteiger partial charge in [-0.15, -0.1) is 0 Å². The van der Waals surface area contributed by atoms with Crippen molar-refractivity contribution in [2.45, 2.75) is 52.5 Å². The number of hydrogen-bond acceptors (Lipinski definition) is 3. The molecule has 1 atom stereocenters. The van der Waals surface area contributed by atoms with Gasteiger partial charge in [-0.05, 0) is 18.8 Å². The summed E-state index contributed by atoms with van der Waals surface area (Å²) in [7, 11) is 0. The summed E-state index contributed by atoms with van der Waals surface area (Å²) in [6, 6.07) is 0. The molecule has 0 aliphatic carbocycles. The molecular weight excluding hydrogens is 254 g/mol. The molecule has 1 N–H and O–H groups in total. The van der Waals surface area contributed by atoms with Crippen molar-refractivity contribution in [1.29, 1.82) is 0 Å². The quantitative estimate of drug-likeness (QED) is 0.670. The second kappa shape index (κ2) is 10.3. The molecular formula is C15H27N3O2. The first-order valence-electron chi connectivity index (χ1n) is 7.62. The van der Waals surface area contributed by atoms with Gasteiger partial charge in [-0.3, -0.25) is 0 Å². The van der Waals surface area contributed by atoms with Crippen LogP contribution >= 0.6 is 0 Å². The zero-order valence-electron chi connectivity index (χ0n) is 12.7. The zero-order chi connectivity index (χ0) is 14.6. The fourth-order valence-corrected chi connectivity index (χ4v) is 2.01. The Balaban J connectivity index is 2.04. The van der Waals surface area contributed by atoms with Crippen LogP contribution in [0.25, 0.3) is 0 Å². The highest BCUT2D eigenvalue weighted by molar-refractivity contribution is 5.66. The Kier molecular flexibility index (Phi) is 8.51. The summed E-state index contributed by atoms with van der Waals surface area (Å²) in [4.78, 5) is 15.5. The molecule has 0 aliphatic rings. The number of aromatic nitrogens is 2. The van der Waals surface area contributed by atoms with Gasteiger partial charge in [-0.2, -0.15) is 0 Å². The largest absolute Gasteiger partial charge is 0.449 e. The van der Waals surface area contributed by atoms with E-state index in [9.17, 15) is 4.79 Å². The third kappa shape index (κ3) is 7.16. The number of unbranched alkanes of at least 4 members (excludes halogenated alkanes) is 1. The summed E-state index contributed by atoms with van der Waals surface area (Å²) in [6.07, 6.45) is 10.6. The minimum atomic E-state index is -0.300. The Morgan fingerprint density at radius 1 is 1.40 bits per heavy atom. The highest BCUT2D eigenvalue weighted by Crippen LogP contribution is 2.12. The highest BCUT2D eigenvalue weighted by atomic mass is 16.5. The SMILES string of the molecule is CCCCC(CC)COC(=O)NCCCn1ccnc1. The maximum Gasteiger partial charge on any atom is 0.407 e. The number of rotatable bonds is 10. The van der Waals surface area contributed by atoms with Crippen molar-refractivity contribution in [3.63, 3.8) is 0 Å². The summed E-state index contributed by atoms with van der Waals surface area (Å²) in [5, 5.41) is 2.79. The lowest BCUT2D eigenvalue weighted by Crippen LogP contribution is -2.27. The average molecular weight is 281 g/mol. The van der Waals surface area contributed by atoms with Crippen molar-refractivity contribution >= 4 is 6.09 Å². The zero-order valence-corrected chi connectivity index (χ0v) is 12.7. The normalized spacial score (nSPS) is 12.1. The lowest BCUT2D eigenvalue weighted by molar-refractivity contribution is 0.122. The first kappa shape index (κ1) is 16.5. The Morgan fingerprint density at radius 3 is 2.90 bits per heavy atom. The van der Waals surface area contributed by atoms with E-state index < -0.39 is 0 Å². The molecule has 0 saturated carbocycles. The monoisotopic (exact) mass is 281 g/mol. The minimum absolute atomic E-state index is 0.300. The van der Waals surface area contributed by atoms with Crippen molar-refractivity contribution in [3.8, 4) is 0 Å². The van der Waals surface area contributed by atoms with E-state index in [0.29, 0.717) is 19.1 Å². The van der Waals surface area contributed by atoms with Crippen molar-refractivity contribution in [2.24, 2.45) is 5.92 Å². The fraction of sp³-hybridized carbons (Fsp3) is 0.733. The van der Waals surface area contributed by atoms with Crippen molar-refractivity contribution in [2.75, 3.05) is 13.2 Å². The lowest BCUT2D eigenvalue weighted by atomic mass is 10.0. The van der Waals surface area contributed by atoms with Crippen LogP contribution in [-0.4, -0.2) is 28.8 Å². The maximum atomic E-state index is 11.5. The molecule has 0 aliphatic heterocycles. The van der Waals surface area contributed by atoms with Crippen LogP contribution in [0.15, 0.2) is 18.7 Å². The third-order valence-corrected chi connectivity index (χ3v) is 3.42. The number of imidazole rings is 1. The number of aryl methyl sites for hydroxylation is 1. The van der Waals surface area contributed by atoms with Gasteiger partial charge in [-0.1, -0.05) is 33.1 Å². The molecule has 114 valence electrons. The molecule has 1 aromatic rings. The molecule has 1 aromatic heterocycles. The molecule has 0 radical (unpaired) electrons. The van der Waals surface area contributed by atoms with Crippen LogP contribution < -0.4 is 5.32 Å². The van der Waals surface area contributed by atoms with Crippen LogP contribution in [0.5, 0.6) is 0 Å². The summed E-state index contributed by atoms with van der Waals surface area (Å²) in [5.41, 5.74) is 0. The van der Waals surface area contributed by atoms with E-state index >= 15 is 0 Å². The lowest BCUT2D eigenvalue weighted by Gasteiger charge is -2.15. The van der Waals surface area contributed by atoms with Gasteiger partial charge >= 0.3 is 6.09 Å². The predicted molar refractivity (Wildman–Crippen MR) is 79.5 cm³/mol. The van der Waals surface area contributed by atoms with Gasteiger partial charge in [0.05, 0.1) is 12.9 Å². The smallest absolute Gasteiger partial charge is 0.407 e. The number of carbonyl (C=O) groups is 1. The molecule has 1 unspecified atom stereocenters. The first-order chi connectivity index (χ1) is 9.76. The topological polar surface area (TPSA) is 56.1 Å². The standard InChI is InChI=1S/C15H27N3O2/c1-3-5-7-14(4-2)12-20-15(19)17-8-6-10-18-11-9-16-13-18/h9,11,13-14H,3-8,10,12H2,1-2H3,(H,17,19). The predicted octanol–water partition coefficient (Wildman–Crippen LogP) is 3.22. The number of alkyl carbamates (subject to hydrolysis) is 1.